The molecule has 0 unspecified atom stereocenters. The van der Waals surface area contributed by atoms with Crippen molar-refractivity contribution in [1.82, 2.24) is 0 Å². The summed E-state index contributed by atoms with van der Waals surface area (Å²) in [5, 5.41) is 0. The second-order valence-electron chi connectivity index (χ2n) is 5.49. The van der Waals surface area contributed by atoms with E-state index in [1.807, 2.05) is 31.2 Å². The smallest absolute Gasteiger partial charge is 0.233 e. The second-order valence-corrected chi connectivity index (χ2v) is 8.27. The Bertz CT molecular complexity index is 516. The van der Waals surface area contributed by atoms with Crippen molar-refractivity contribution in [2.75, 3.05) is 12.4 Å². The van der Waals surface area contributed by atoms with E-state index in [4.69, 9.17) is 15.4 Å². The van der Waals surface area contributed by atoms with Crippen molar-refractivity contribution in [2.45, 2.75) is 32.6 Å². The van der Waals surface area contributed by atoms with Crippen molar-refractivity contribution in [3.8, 4) is 5.75 Å². The zero-order valence-electron chi connectivity index (χ0n) is 11.1. The molecule has 0 spiro atoms. The van der Waals surface area contributed by atoms with Crippen molar-refractivity contribution < 1.29 is 13.2 Å². The van der Waals surface area contributed by atoms with E-state index in [1.165, 1.54) is 5.56 Å². The van der Waals surface area contributed by atoms with Crippen LogP contribution in [-0.4, -0.2) is 20.8 Å². The van der Waals surface area contributed by atoms with E-state index in [0.29, 0.717) is 6.61 Å². The summed E-state index contributed by atoms with van der Waals surface area (Å²) in [5.74, 6) is 0.789. The fourth-order valence-electron chi connectivity index (χ4n) is 2.69. The Hall–Kier alpha value is -0.740. The molecule has 0 bridgehead atoms. The van der Waals surface area contributed by atoms with Crippen LogP contribution in [0.5, 0.6) is 5.75 Å². The van der Waals surface area contributed by atoms with Crippen LogP contribution in [0, 0.1) is 12.3 Å². The molecule has 0 aromatic heterocycles. The van der Waals surface area contributed by atoms with E-state index >= 15 is 0 Å². The molecule has 5 heteroatoms. The molecule has 0 heterocycles. The Kier molecular flexibility index (Phi) is 4.41. The molecule has 0 N–H and O–H groups in total. The number of ether oxygens (including phenoxy) is 1. The lowest BCUT2D eigenvalue weighted by Gasteiger charge is -2.27. The molecule has 1 aromatic rings. The van der Waals surface area contributed by atoms with Crippen LogP contribution >= 0.6 is 10.7 Å². The number of hydrogen-bond acceptors (Lipinski definition) is 3. The maximum absolute atomic E-state index is 11.4. The normalized spacial score (nSPS) is 18.4. The summed E-state index contributed by atoms with van der Waals surface area (Å²) < 4.78 is 28.5. The average Bonchev–Trinajstić information content (AvgIpc) is 2.75. The van der Waals surface area contributed by atoms with Crippen molar-refractivity contribution in [3.05, 3.63) is 29.8 Å². The first-order valence-corrected chi connectivity index (χ1v) is 8.98. The first kappa shape index (κ1) is 14.7. The van der Waals surface area contributed by atoms with Crippen LogP contribution in [0.1, 0.15) is 31.2 Å². The van der Waals surface area contributed by atoms with Crippen LogP contribution in [0.2, 0.25) is 0 Å². The van der Waals surface area contributed by atoms with Crippen molar-refractivity contribution in [2.24, 2.45) is 5.41 Å². The molecule has 1 fully saturated rings. The van der Waals surface area contributed by atoms with Gasteiger partial charge in [0.15, 0.2) is 0 Å². The molecule has 1 aliphatic rings. The van der Waals surface area contributed by atoms with Gasteiger partial charge in [-0.15, -0.1) is 0 Å². The Morgan fingerprint density at radius 2 is 1.79 bits per heavy atom. The van der Waals surface area contributed by atoms with Gasteiger partial charge in [-0.3, -0.25) is 0 Å². The summed E-state index contributed by atoms with van der Waals surface area (Å²) in [4.78, 5) is 0. The topological polar surface area (TPSA) is 43.4 Å². The SMILES string of the molecule is Cc1ccc(OCC2(CS(=O)(=O)Cl)CCCC2)cc1. The zero-order chi connectivity index (χ0) is 13.9. The maximum atomic E-state index is 11.4. The summed E-state index contributed by atoms with van der Waals surface area (Å²) in [6, 6.07) is 7.78. The zero-order valence-corrected chi connectivity index (χ0v) is 12.6. The standard InChI is InChI=1S/C14H19ClO3S/c1-12-4-6-13(7-5-12)18-10-14(8-2-3-9-14)11-19(15,16)17/h4-7H,2-3,8-11H2,1H3. The summed E-state index contributed by atoms with van der Waals surface area (Å²) in [6.07, 6.45) is 3.82. The van der Waals surface area contributed by atoms with Gasteiger partial charge in [-0.1, -0.05) is 30.5 Å². The largest absolute Gasteiger partial charge is 0.493 e. The lowest BCUT2D eigenvalue weighted by molar-refractivity contribution is 0.171. The average molecular weight is 303 g/mol. The maximum Gasteiger partial charge on any atom is 0.233 e. The van der Waals surface area contributed by atoms with Gasteiger partial charge in [0.2, 0.25) is 9.05 Å². The summed E-state index contributed by atoms with van der Waals surface area (Å²) in [5.41, 5.74) is 0.858. The van der Waals surface area contributed by atoms with Crippen LogP contribution in [-0.2, 0) is 9.05 Å². The molecule has 1 saturated carbocycles. The van der Waals surface area contributed by atoms with Crippen molar-refractivity contribution >= 4 is 19.7 Å². The third kappa shape index (κ3) is 4.39. The highest BCUT2D eigenvalue weighted by molar-refractivity contribution is 8.13. The quantitative estimate of drug-likeness (QED) is 0.782. The highest BCUT2D eigenvalue weighted by Crippen LogP contribution is 2.40. The Morgan fingerprint density at radius 3 is 2.32 bits per heavy atom. The molecule has 3 nitrogen and oxygen atoms in total. The predicted octanol–water partition coefficient (Wildman–Crippen LogP) is 3.50. The van der Waals surface area contributed by atoms with Gasteiger partial charge in [-0.05, 0) is 31.9 Å². The van der Waals surface area contributed by atoms with Gasteiger partial charge in [0.05, 0.1) is 12.4 Å². The van der Waals surface area contributed by atoms with E-state index in [0.717, 1.165) is 31.4 Å². The van der Waals surface area contributed by atoms with Gasteiger partial charge in [0.1, 0.15) is 5.75 Å². The van der Waals surface area contributed by atoms with E-state index in [9.17, 15) is 8.42 Å². The monoisotopic (exact) mass is 302 g/mol. The van der Waals surface area contributed by atoms with Gasteiger partial charge in [0.25, 0.3) is 0 Å². The molecule has 1 aromatic carbocycles. The van der Waals surface area contributed by atoms with Crippen LogP contribution < -0.4 is 4.74 Å². The van der Waals surface area contributed by atoms with Crippen molar-refractivity contribution in [3.63, 3.8) is 0 Å². The number of halogens is 1. The molecule has 1 aliphatic carbocycles. The minimum atomic E-state index is -3.48. The Labute approximate surface area is 119 Å². The number of aryl methyl sites for hydroxylation is 1. The molecule has 0 atom stereocenters. The molecule has 0 aliphatic heterocycles. The Morgan fingerprint density at radius 1 is 1.21 bits per heavy atom. The third-order valence-electron chi connectivity index (χ3n) is 3.71. The lowest BCUT2D eigenvalue weighted by Crippen LogP contribution is -2.32. The molecule has 19 heavy (non-hydrogen) atoms. The van der Waals surface area contributed by atoms with Gasteiger partial charge in [0, 0.05) is 16.1 Å². The first-order chi connectivity index (χ1) is 8.89. The highest BCUT2D eigenvalue weighted by atomic mass is 35.7. The summed E-state index contributed by atoms with van der Waals surface area (Å²) >= 11 is 0. The van der Waals surface area contributed by atoms with Gasteiger partial charge < -0.3 is 4.74 Å². The molecular weight excluding hydrogens is 284 g/mol. The minimum Gasteiger partial charge on any atom is -0.493 e. The second kappa shape index (κ2) is 5.71. The summed E-state index contributed by atoms with van der Waals surface area (Å²) in [7, 11) is 1.94. The number of benzene rings is 1. The molecule has 0 saturated heterocycles. The van der Waals surface area contributed by atoms with E-state index in [2.05, 4.69) is 0 Å². The fraction of sp³-hybridized carbons (Fsp3) is 0.571. The van der Waals surface area contributed by atoms with E-state index in [-0.39, 0.29) is 11.2 Å². The van der Waals surface area contributed by atoms with E-state index < -0.39 is 9.05 Å². The number of hydrogen-bond donors (Lipinski definition) is 0. The van der Waals surface area contributed by atoms with E-state index in [1.54, 1.807) is 0 Å². The van der Waals surface area contributed by atoms with Crippen LogP contribution in [0.25, 0.3) is 0 Å². The molecular formula is C14H19ClO3S. The fourth-order valence-corrected chi connectivity index (χ4v) is 4.49. The minimum absolute atomic E-state index is 0.00736. The van der Waals surface area contributed by atoms with Crippen LogP contribution in [0.15, 0.2) is 24.3 Å². The van der Waals surface area contributed by atoms with Gasteiger partial charge >= 0.3 is 0 Å². The lowest BCUT2D eigenvalue weighted by atomic mass is 9.90. The third-order valence-corrected chi connectivity index (χ3v) is 4.99. The Balaban J connectivity index is 2.03. The summed E-state index contributed by atoms with van der Waals surface area (Å²) in [6.45, 7) is 2.43. The number of rotatable bonds is 5. The highest BCUT2D eigenvalue weighted by Gasteiger charge is 2.38. The van der Waals surface area contributed by atoms with Crippen LogP contribution in [0.4, 0.5) is 0 Å². The molecule has 2 rings (SSSR count). The molecule has 0 radical (unpaired) electrons. The van der Waals surface area contributed by atoms with Crippen molar-refractivity contribution in [1.29, 1.82) is 0 Å². The predicted molar refractivity (Wildman–Crippen MR) is 77.2 cm³/mol. The van der Waals surface area contributed by atoms with Gasteiger partial charge in [-0.25, -0.2) is 8.42 Å². The van der Waals surface area contributed by atoms with Crippen LogP contribution in [0.3, 0.4) is 0 Å². The molecule has 0 amide bonds. The van der Waals surface area contributed by atoms with Gasteiger partial charge in [-0.2, -0.15) is 0 Å². The molecule has 106 valence electrons. The first-order valence-electron chi connectivity index (χ1n) is 6.50.